The first-order chi connectivity index (χ1) is 14.0. The zero-order valence-corrected chi connectivity index (χ0v) is 16.0. The number of aromatic nitrogens is 4. The van der Waals surface area contributed by atoms with Gasteiger partial charge in [-0.05, 0) is 37.6 Å². The summed E-state index contributed by atoms with van der Waals surface area (Å²) in [5, 5.41) is 7.06. The van der Waals surface area contributed by atoms with E-state index in [1.54, 1.807) is 12.1 Å². The molecule has 0 bridgehead atoms. The van der Waals surface area contributed by atoms with Crippen molar-refractivity contribution in [1.82, 2.24) is 19.2 Å². The Morgan fingerprint density at radius 3 is 2.69 bits per heavy atom. The Bertz CT molecular complexity index is 1240. The summed E-state index contributed by atoms with van der Waals surface area (Å²) in [6.45, 7) is 3.68. The van der Waals surface area contributed by atoms with Crippen molar-refractivity contribution in [3.8, 4) is 11.6 Å². The lowest BCUT2D eigenvalue weighted by Gasteiger charge is -2.08. The van der Waals surface area contributed by atoms with E-state index in [-0.39, 0.29) is 24.0 Å². The monoisotopic (exact) mass is 389 g/mol. The first-order valence-electron chi connectivity index (χ1n) is 9.05. The van der Waals surface area contributed by atoms with Gasteiger partial charge in [-0.15, -0.1) is 5.10 Å². The summed E-state index contributed by atoms with van der Waals surface area (Å²) in [6.07, 6.45) is 2.94. The summed E-state index contributed by atoms with van der Waals surface area (Å²) in [5.41, 5.74) is 2.54. The van der Waals surface area contributed by atoms with Crippen LogP contribution in [0.25, 0.3) is 5.65 Å². The molecule has 146 valence electrons. The number of nitrogens with one attached hydrogen (secondary N) is 1. The number of ether oxygens (including phenoxy) is 1. The minimum atomic E-state index is -0.448. The van der Waals surface area contributed by atoms with Crippen molar-refractivity contribution in [2.24, 2.45) is 0 Å². The van der Waals surface area contributed by atoms with Crippen LogP contribution in [0.3, 0.4) is 0 Å². The van der Waals surface area contributed by atoms with Gasteiger partial charge in [0.15, 0.2) is 0 Å². The molecule has 0 aliphatic heterocycles. The number of carbonyl (C=O) groups excluding carboxylic acids is 1. The van der Waals surface area contributed by atoms with Crippen LogP contribution in [0.2, 0.25) is 0 Å². The summed E-state index contributed by atoms with van der Waals surface area (Å²) in [4.78, 5) is 29.3. The van der Waals surface area contributed by atoms with Gasteiger partial charge in [-0.2, -0.15) is 0 Å². The second-order valence-electron chi connectivity index (χ2n) is 6.65. The molecule has 0 fully saturated rings. The van der Waals surface area contributed by atoms with Crippen LogP contribution in [0.1, 0.15) is 11.1 Å². The second-order valence-corrected chi connectivity index (χ2v) is 6.65. The van der Waals surface area contributed by atoms with E-state index in [9.17, 15) is 9.59 Å². The molecule has 0 radical (unpaired) electrons. The molecule has 1 amide bonds. The molecule has 2 heterocycles. The van der Waals surface area contributed by atoms with E-state index in [1.807, 2.05) is 50.2 Å². The van der Waals surface area contributed by atoms with Gasteiger partial charge in [-0.3, -0.25) is 4.79 Å². The maximum atomic E-state index is 12.6. The van der Waals surface area contributed by atoms with Crippen LogP contribution in [0.5, 0.6) is 11.6 Å². The fourth-order valence-electron chi connectivity index (χ4n) is 2.98. The molecule has 4 rings (SSSR count). The number of aryl methyl sites for hydroxylation is 2. The van der Waals surface area contributed by atoms with Crippen molar-refractivity contribution in [1.29, 1.82) is 0 Å². The maximum Gasteiger partial charge on any atom is 0.351 e. The quantitative estimate of drug-likeness (QED) is 0.567. The number of anilines is 1. The Morgan fingerprint density at radius 1 is 1.14 bits per heavy atom. The van der Waals surface area contributed by atoms with Gasteiger partial charge in [-0.25, -0.2) is 18.9 Å². The molecule has 1 N–H and O–H groups in total. The van der Waals surface area contributed by atoms with E-state index in [0.717, 1.165) is 15.8 Å². The Kier molecular flexibility index (Phi) is 4.82. The normalized spacial score (nSPS) is 10.8. The first kappa shape index (κ1) is 18.4. The van der Waals surface area contributed by atoms with Gasteiger partial charge in [0, 0.05) is 18.1 Å². The molecule has 0 aliphatic carbocycles. The summed E-state index contributed by atoms with van der Waals surface area (Å²) < 4.78 is 8.13. The third-order valence-corrected chi connectivity index (χ3v) is 4.38. The van der Waals surface area contributed by atoms with Crippen LogP contribution < -0.4 is 15.7 Å². The van der Waals surface area contributed by atoms with Crippen LogP contribution in [0, 0.1) is 13.8 Å². The van der Waals surface area contributed by atoms with Crippen molar-refractivity contribution < 1.29 is 9.53 Å². The lowest BCUT2D eigenvalue weighted by Crippen LogP contribution is -2.28. The van der Waals surface area contributed by atoms with Gasteiger partial charge in [0.1, 0.15) is 12.3 Å². The highest BCUT2D eigenvalue weighted by atomic mass is 16.5. The fraction of sp³-hybridized carbons (Fsp3) is 0.143. The zero-order valence-electron chi connectivity index (χ0n) is 16.0. The number of amides is 1. The number of rotatable bonds is 5. The molecule has 8 heteroatoms. The van der Waals surface area contributed by atoms with Crippen molar-refractivity contribution in [2.45, 2.75) is 20.4 Å². The topological polar surface area (TPSA) is 90.5 Å². The van der Waals surface area contributed by atoms with Crippen molar-refractivity contribution in [2.75, 3.05) is 5.32 Å². The minimum Gasteiger partial charge on any atom is -0.436 e. The van der Waals surface area contributed by atoms with Crippen LogP contribution in [0.4, 0.5) is 5.69 Å². The number of hydrogen-bond donors (Lipinski definition) is 1. The number of para-hydroxylation sites is 1. The Labute approximate surface area is 166 Å². The highest BCUT2D eigenvalue weighted by Crippen LogP contribution is 2.21. The lowest BCUT2D eigenvalue weighted by atomic mass is 10.1. The average molecular weight is 389 g/mol. The molecule has 8 nitrogen and oxygen atoms in total. The summed E-state index contributed by atoms with van der Waals surface area (Å²) in [7, 11) is 0. The number of hydrogen-bond acceptors (Lipinski definition) is 5. The molecule has 0 unspecified atom stereocenters. The van der Waals surface area contributed by atoms with Crippen molar-refractivity contribution >= 4 is 17.2 Å². The molecule has 0 spiro atoms. The van der Waals surface area contributed by atoms with E-state index < -0.39 is 5.69 Å². The predicted octanol–water partition coefficient (Wildman–Crippen LogP) is 2.94. The zero-order chi connectivity index (χ0) is 20.4. The number of carbonyl (C=O) groups is 1. The summed E-state index contributed by atoms with van der Waals surface area (Å²) in [6, 6.07) is 14.8. The summed E-state index contributed by atoms with van der Waals surface area (Å²) in [5.74, 6) is 0.410. The SMILES string of the molecule is Cc1ccc(NC(=O)Cn2nc3c(Oc4ccccc4)nccn3c2=O)c(C)c1. The van der Waals surface area contributed by atoms with Crippen molar-refractivity contribution in [3.63, 3.8) is 0 Å². The van der Waals surface area contributed by atoms with Gasteiger partial charge in [0.2, 0.25) is 11.6 Å². The molecule has 0 saturated heterocycles. The third kappa shape index (κ3) is 3.86. The largest absolute Gasteiger partial charge is 0.436 e. The van der Waals surface area contributed by atoms with Crippen molar-refractivity contribution in [3.05, 3.63) is 82.5 Å². The van der Waals surface area contributed by atoms with Gasteiger partial charge in [-0.1, -0.05) is 35.9 Å². The molecule has 2 aromatic heterocycles. The molecule has 0 saturated carbocycles. The van der Waals surface area contributed by atoms with E-state index in [2.05, 4.69) is 15.4 Å². The van der Waals surface area contributed by atoms with Gasteiger partial charge < -0.3 is 10.1 Å². The minimum absolute atomic E-state index is 0.185. The van der Waals surface area contributed by atoms with Crippen LogP contribution in [0.15, 0.2) is 65.7 Å². The Balaban J connectivity index is 1.59. The predicted molar refractivity (Wildman–Crippen MR) is 108 cm³/mol. The highest BCUT2D eigenvalue weighted by molar-refractivity contribution is 5.91. The molecule has 29 heavy (non-hydrogen) atoms. The Morgan fingerprint density at radius 2 is 1.93 bits per heavy atom. The lowest BCUT2D eigenvalue weighted by molar-refractivity contribution is -0.117. The van der Waals surface area contributed by atoms with E-state index >= 15 is 0 Å². The van der Waals surface area contributed by atoms with E-state index in [4.69, 9.17) is 4.74 Å². The standard InChI is InChI=1S/C21H19N5O3/c1-14-8-9-17(15(2)12-14)23-18(27)13-26-21(28)25-11-10-22-20(19(25)24-26)29-16-6-4-3-5-7-16/h3-12H,13H2,1-2H3,(H,23,27). The molecular weight excluding hydrogens is 370 g/mol. The van der Waals surface area contributed by atoms with E-state index in [0.29, 0.717) is 11.4 Å². The molecule has 0 aliphatic rings. The van der Waals surface area contributed by atoms with E-state index in [1.165, 1.54) is 16.8 Å². The fourth-order valence-corrected chi connectivity index (χ4v) is 2.98. The van der Waals surface area contributed by atoms with Crippen LogP contribution in [-0.2, 0) is 11.3 Å². The Hall–Kier alpha value is -3.94. The summed E-state index contributed by atoms with van der Waals surface area (Å²) >= 11 is 0. The molecule has 4 aromatic rings. The maximum absolute atomic E-state index is 12.6. The van der Waals surface area contributed by atoms with Crippen LogP contribution >= 0.6 is 0 Å². The average Bonchev–Trinajstić information content (AvgIpc) is 3.02. The van der Waals surface area contributed by atoms with Gasteiger partial charge in [0.25, 0.3) is 5.88 Å². The first-order valence-corrected chi connectivity index (χ1v) is 9.05. The third-order valence-electron chi connectivity index (χ3n) is 4.38. The van der Waals surface area contributed by atoms with Gasteiger partial charge in [0.05, 0.1) is 0 Å². The highest BCUT2D eigenvalue weighted by Gasteiger charge is 2.16. The number of benzene rings is 2. The number of nitrogens with zero attached hydrogens (tertiary/aromatic N) is 4. The molecule has 0 atom stereocenters. The second kappa shape index (κ2) is 7.59. The van der Waals surface area contributed by atoms with Crippen LogP contribution in [-0.4, -0.2) is 25.1 Å². The smallest absolute Gasteiger partial charge is 0.351 e. The van der Waals surface area contributed by atoms with Gasteiger partial charge >= 0.3 is 5.69 Å². The number of fused-ring (bicyclic) bond motifs is 1. The molecule has 2 aromatic carbocycles. The molecular formula is C21H19N5O3.